The zero-order valence-corrected chi connectivity index (χ0v) is 7.67. The van der Waals surface area contributed by atoms with Gasteiger partial charge < -0.3 is 9.84 Å². The molecule has 0 aromatic carbocycles. The van der Waals surface area contributed by atoms with E-state index in [1.165, 1.54) is 6.08 Å². The topological polar surface area (TPSA) is 46.5 Å². The van der Waals surface area contributed by atoms with Crippen LogP contribution in [0.5, 0.6) is 0 Å². The Hall–Kier alpha value is -0.990. The molecule has 70 valence electrons. The first kappa shape index (κ1) is 11.0. The fourth-order valence-corrected chi connectivity index (χ4v) is 0.731. The zero-order chi connectivity index (χ0) is 9.40. The lowest BCUT2D eigenvalue weighted by Gasteiger charge is -1.99. The van der Waals surface area contributed by atoms with Gasteiger partial charge in [-0.2, -0.15) is 0 Å². The number of hydrogen-bond acceptors (Lipinski definition) is 3. The second-order valence-corrected chi connectivity index (χ2v) is 2.45. The molecule has 0 aromatic rings. The molecular formula is C9H16O3. The Labute approximate surface area is 73.0 Å². The Morgan fingerprint density at radius 1 is 1.50 bits per heavy atom. The minimum absolute atomic E-state index is 0.273. The summed E-state index contributed by atoms with van der Waals surface area (Å²) in [4.78, 5) is 10.8. The minimum atomic E-state index is -0.631. The number of esters is 1. The summed E-state index contributed by atoms with van der Waals surface area (Å²) < 4.78 is 4.58. The first-order valence-electron chi connectivity index (χ1n) is 4.28. The molecule has 0 saturated carbocycles. The highest BCUT2D eigenvalue weighted by Gasteiger charge is 2.05. The van der Waals surface area contributed by atoms with Crippen LogP contribution in [0.15, 0.2) is 11.8 Å². The third-order valence-electron chi connectivity index (χ3n) is 1.38. The lowest BCUT2D eigenvalue weighted by Crippen LogP contribution is -2.06. The van der Waals surface area contributed by atoms with Crippen molar-refractivity contribution in [3.63, 3.8) is 0 Å². The molecule has 3 nitrogen and oxygen atoms in total. The standard InChI is InChI=1S/C9H16O3/c1-3-5-6-7-8(10)9(11)12-4-2/h7,10H,3-6H2,1-2H3/b8-7-. The van der Waals surface area contributed by atoms with Crippen LogP contribution in [0, 0.1) is 0 Å². The number of allylic oxidation sites excluding steroid dienone is 1. The maximum Gasteiger partial charge on any atom is 0.373 e. The molecule has 0 heterocycles. The highest BCUT2D eigenvalue weighted by molar-refractivity contribution is 5.85. The molecule has 0 unspecified atom stereocenters. The summed E-state index contributed by atoms with van der Waals surface area (Å²) in [5.74, 6) is -0.904. The van der Waals surface area contributed by atoms with Crippen molar-refractivity contribution in [1.82, 2.24) is 0 Å². The van der Waals surface area contributed by atoms with Crippen molar-refractivity contribution in [2.75, 3.05) is 6.61 Å². The van der Waals surface area contributed by atoms with E-state index in [-0.39, 0.29) is 5.76 Å². The van der Waals surface area contributed by atoms with Crippen LogP contribution in [0.3, 0.4) is 0 Å². The summed E-state index contributed by atoms with van der Waals surface area (Å²) in [5, 5.41) is 9.06. The summed E-state index contributed by atoms with van der Waals surface area (Å²) in [7, 11) is 0. The van der Waals surface area contributed by atoms with Crippen LogP contribution in [-0.4, -0.2) is 17.7 Å². The van der Waals surface area contributed by atoms with Crippen molar-refractivity contribution in [3.05, 3.63) is 11.8 Å². The smallest absolute Gasteiger partial charge is 0.373 e. The lowest BCUT2D eigenvalue weighted by molar-refractivity contribution is -0.141. The largest absolute Gasteiger partial charge is 0.502 e. The summed E-state index contributed by atoms with van der Waals surface area (Å²) in [5.41, 5.74) is 0. The number of carbonyl (C=O) groups excluding carboxylic acids is 1. The van der Waals surface area contributed by atoms with Crippen LogP contribution < -0.4 is 0 Å². The molecule has 0 rings (SSSR count). The third kappa shape index (κ3) is 4.77. The fourth-order valence-electron chi connectivity index (χ4n) is 0.731. The van der Waals surface area contributed by atoms with E-state index in [0.717, 1.165) is 19.3 Å². The molecule has 0 atom stereocenters. The Morgan fingerprint density at radius 2 is 2.17 bits per heavy atom. The number of aliphatic hydroxyl groups is 1. The highest BCUT2D eigenvalue weighted by atomic mass is 16.5. The van der Waals surface area contributed by atoms with Gasteiger partial charge in [0, 0.05) is 0 Å². The van der Waals surface area contributed by atoms with Gasteiger partial charge in [-0.25, -0.2) is 4.79 Å². The van der Waals surface area contributed by atoms with E-state index in [9.17, 15) is 4.79 Å². The predicted octanol–water partition coefficient (Wildman–Crippen LogP) is 2.18. The molecule has 0 aliphatic heterocycles. The summed E-state index contributed by atoms with van der Waals surface area (Å²) in [6, 6.07) is 0. The third-order valence-corrected chi connectivity index (χ3v) is 1.38. The normalized spacial score (nSPS) is 11.3. The summed E-state index contributed by atoms with van der Waals surface area (Å²) >= 11 is 0. The van der Waals surface area contributed by atoms with E-state index >= 15 is 0 Å². The van der Waals surface area contributed by atoms with E-state index in [2.05, 4.69) is 11.7 Å². The second-order valence-electron chi connectivity index (χ2n) is 2.45. The average molecular weight is 172 g/mol. The Kier molecular flexibility index (Phi) is 6.15. The average Bonchev–Trinajstić information content (AvgIpc) is 2.05. The van der Waals surface area contributed by atoms with Crippen LogP contribution in [0.25, 0.3) is 0 Å². The number of ether oxygens (including phenoxy) is 1. The van der Waals surface area contributed by atoms with Crippen LogP contribution in [0.2, 0.25) is 0 Å². The SMILES string of the molecule is CCCC/C=C(\O)C(=O)OCC. The molecule has 0 bridgehead atoms. The van der Waals surface area contributed by atoms with Gasteiger partial charge in [-0.15, -0.1) is 0 Å². The highest BCUT2D eigenvalue weighted by Crippen LogP contribution is 2.00. The van der Waals surface area contributed by atoms with Crippen molar-refractivity contribution < 1.29 is 14.6 Å². The van der Waals surface area contributed by atoms with Gasteiger partial charge in [0.15, 0.2) is 5.76 Å². The molecule has 0 spiro atoms. The summed E-state index contributed by atoms with van der Waals surface area (Å²) in [6.07, 6.45) is 4.25. The van der Waals surface area contributed by atoms with Crippen molar-refractivity contribution >= 4 is 5.97 Å². The van der Waals surface area contributed by atoms with Crippen molar-refractivity contribution in [1.29, 1.82) is 0 Å². The molecule has 0 aliphatic carbocycles. The van der Waals surface area contributed by atoms with Gasteiger partial charge in [0.05, 0.1) is 6.61 Å². The molecule has 0 amide bonds. The fraction of sp³-hybridized carbons (Fsp3) is 0.667. The molecule has 1 N–H and O–H groups in total. The maximum absolute atomic E-state index is 10.8. The Bertz CT molecular complexity index is 161. The first-order chi connectivity index (χ1) is 5.72. The van der Waals surface area contributed by atoms with Crippen LogP contribution >= 0.6 is 0 Å². The van der Waals surface area contributed by atoms with Gasteiger partial charge in [-0.1, -0.05) is 13.3 Å². The molecule has 3 heteroatoms. The van der Waals surface area contributed by atoms with Crippen molar-refractivity contribution in [2.24, 2.45) is 0 Å². The quantitative estimate of drug-likeness (QED) is 0.299. The van der Waals surface area contributed by atoms with Crippen molar-refractivity contribution in [2.45, 2.75) is 33.1 Å². The first-order valence-corrected chi connectivity index (χ1v) is 4.28. The zero-order valence-electron chi connectivity index (χ0n) is 7.67. The number of hydrogen-bond donors (Lipinski definition) is 1. The molecule has 0 aliphatic rings. The van der Waals surface area contributed by atoms with Gasteiger partial charge in [0.2, 0.25) is 0 Å². The molecule has 0 aromatic heterocycles. The van der Waals surface area contributed by atoms with E-state index in [0.29, 0.717) is 6.61 Å². The maximum atomic E-state index is 10.8. The number of rotatable bonds is 5. The van der Waals surface area contributed by atoms with Crippen molar-refractivity contribution in [3.8, 4) is 0 Å². The van der Waals surface area contributed by atoms with Gasteiger partial charge in [0.25, 0.3) is 0 Å². The lowest BCUT2D eigenvalue weighted by atomic mass is 10.2. The second kappa shape index (κ2) is 6.70. The van der Waals surface area contributed by atoms with Crippen LogP contribution in [-0.2, 0) is 9.53 Å². The van der Waals surface area contributed by atoms with Gasteiger partial charge in [0.1, 0.15) is 0 Å². The number of unbranched alkanes of at least 4 members (excludes halogenated alkanes) is 2. The van der Waals surface area contributed by atoms with Gasteiger partial charge in [-0.05, 0) is 25.8 Å². The van der Waals surface area contributed by atoms with Crippen LogP contribution in [0.1, 0.15) is 33.1 Å². The Morgan fingerprint density at radius 3 is 2.67 bits per heavy atom. The predicted molar refractivity (Wildman–Crippen MR) is 46.9 cm³/mol. The molecule has 0 radical (unpaired) electrons. The Balaban J connectivity index is 3.74. The molecule has 12 heavy (non-hydrogen) atoms. The van der Waals surface area contributed by atoms with E-state index < -0.39 is 5.97 Å². The van der Waals surface area contributed by atoms with E-state index in [4.69, 9.17) is 5.11 Å². The van der Waals surface area contributed by atoms with Crippen LogP contribution in [0.4, 0.5) is 0 Å². The van der Waals surface area contributed by atoms with Gasteiger partial charge >= 0.3 is 5.97 Å². The summed E-state index contributed by atoms with van der Waals surface area (Å²) in [6.45, 7) is 4.05. The molecule has 0 saturated heterocycles. The monoisotopic (exact) mass is 172 g/mol. The molecule has 0 fully saturated rings. The number of carbonyl (C=O) groups is 1. The molecular weight excluding hydrogens is 156 g/mol. The minimum Gasteiger partial charge on any atom is -0.502 e. The number of aliphatic hydroxyl groups excluding tert-OH is 1. The van der Waals surface area contributed by atoms with Gasteiger partial charge in [-0.3, -0.25) is 0 Å². The van der Waals surface area contributed by atoms with E-state index in [1.807, 2.05) is 0 Å². The van der Waals surface area contributed by atoms with E-state index in [1.54, 1.807) is 6.92 Å².